The average molecular weight is 927 g/mol. The minimum atomic E-state index is -0.978. The van der Waals surface area contributed by atoms with Crippen LogP contribution in [0.4, 0.5) is 0 Å². The molecule has 0 fully saturated rings. The van der Waals surface area contributed by atoms with Gasteiger partial charge in [0.2, 0.25) is 0 Å². The van der Waals surface area contributed by atoms with Gasteiger partial charge in [0.1, 0.15) is 46.0 Å². The maximum atomic E-state index is 12.2. The minimum absolute atomic E-state index is 0.132. The Balaban J connectivity index is 1.29. The van der Waals surface area contributed by atoms with Crippen molar-refractivity contribution in [2.24, 2.45) is 0 Å². The van der Waals surface area contributed by atoms with Gasteiger partial charge in [-0.05, 0) is 165 Å². The molecule has 0 spiro atoms. The molecule has 9 aromatic carbocycles. The molecule has 8 N–H and O–H groups in total. The van der Waals surface area contributed by atoms with Crippen molar-refractivity contribution >= 4 is 0 Å². The third-order valence-electron chi connectivity index (χ3n) is 13.9. The molecule has 0 atom stereocenters. The summed E-state index contributed by atoms with van der Waals surface area (Å²) in [5.74, 6) is 1.10. The molecule has 0 aliphatic heterocycles. The van der Waals surface area contributed by atoms with E-state index in [4.69, 9.17) is 0 Å². The van der Waals surface area contributed by atoms with Crippen LogP contribution < -0.4 is 0 Å². The minimum Gasteiger partial charge on any atom is -0.508 e. The summed E-state index contributed by atoms with van der Waals surface area (Å²) in [6.45, 7) is 4.28. The first-order chi connectivity index (χ1) is 33.6. The highest BCUT2D eigenvalue weighted by Crippen LogP contribution is 2.47. The van der Waals surface area contributed by atoms with Gasteiger partial charge in [-0.3, -0.25) is 0 Å². The quantitative estimate of drug-likeness (QED) is 0.0500. The number of hydrogen-bond acceptors (Lipinski definition) is 8. The molecule has 0 radical (unpaired) electrons. The van der Waals surface area contributed by atoms with E-state index in [-0.39, 0.29) is 46.0 Å². The zero-order valence-electron chi connectivity index (χ0n) is 38.9. The Morgan fingerprint density at radius 2 is 0.414 bits per heavy atom. The molecule has 9 rings (SSSR count). The smallest absolute Gasteiger partial charge is 0.122 e. The van der Waals surface area contributed by atoms with E-state index < -0.39 is 10.8 Å². The lowest BCUT2D eigenvalue weighted by atomic mass is 9.67. The van der Waals surface area contributed by atoms with Crippen LogP contribution in [0, 0.1) is 0 Å². The molecule has 0 amide bonds. The Kier molecular flexibility index (Phi) is 12.7. The summed E-state index contributed by atoms with van der Waals surface area (Å²) in [7, 11) is 0. The van der Waals surface area contributed by atoms with Crippen molar-refractivity contribution < 1.29 is 40.9 Å². The molecule has 8 heteroatoms. The lowest BCUT2D eigenvalue weighted by Crippen LogP contribution is -2.28. The molecule has 9 aromatic rings. The van der Waals surface area contributed by atoms with E-state index in [1.165, 1.54) is 0 Å². The van der Waals surface area contributed by atoms with Gasteiger partial charge >= 0.3 is 0 Å². The van der Waals surface area contributed by atoms with Gasteiger partial charge in [-0.15, -0.1) is 0 Å². The van der Waals surface area contributed by atoms with Gasteiger partial charge in [-0.2, -0.15) is 0 Å². The Hall–Kier alpha value is -8.62. The van der Waals surface area contributed by atoms with Crippen LogP contribution in [0.3, 0.4) is 0 Å². The van der Waals surface area contributed by atoms with Crippen LogP contribution in [-0.4, -0.2) is 40.9 Å². The number of phenolic OH excluding ortho intramolecular Hbond substituents is 8. The average Bonchev–Trinajstić information content (AvgIpc) is 3.36. The number of hydrogen-bond donors (Lipinski definition) is 8. The summed E-state index contributed by atoms with van der Waals surface area (Å²) < 4.78 is 0. The van der Waals surface area contributed by atoms with Crippen LogP contribution >= 0.6 is 0 Å². The number of phenols is 8. The normalized spacial score (nSPS) is 11.7. The van der Waals surface area contributed by atoms with E-state index in [9.17, 15) is 40.9 Å². The highest BCUT2D eigenvalue weighted by Gasteiger charge is 2.36. The van der Waals surface area contributed by atoms with Crippen molar-refractivity contribution in [3.05, 3.63) is 272 Å². The van der Waals surface area contributed by atoms with Crippen molar-refractivity contribution in [2.45, 2.75) is 50.4 Å². The molecule has 0 bridgehead atoms. The molecule has 0 aromatic heterocycles. The van der Waals surface area contributed by atoms with Gasteiger partial charge in [0.15, 0.2) is 0 Å². The molecular weight excluding hydrogens is 873 g/mol. The monoisotopic (exact) mass is 926 g/mol. The highest BCUT2D eigenvalue weighted by atomic mass is 16.3. The molecule has 350 valence electrons. The second-order valence-electron chi connectivity index (χ2n) is 18.6. The Morgan fingerprint density at radius 1 is 0.243 bits per heavy atom. The van der Waals surface area contributed by atoms with Gasteiger partial charge in [-0.25, -0.2) is 0 Å². The summed E-state index contributed by atoms with van der Waals surface area (Å²) in [4.78, 5) is 0. The summed E-state index contributed by atoms with van der Waals surface area (Å²) in [6, 6.07) is 58.7. The summed E-state index contributed by atoms with van der Waals surface area (Å²) >= 11 is 0. The van der Waals surface area contributed by atoms with Gasteiger partial charge in [-0.1, -0.05) is 121 Å². The summed E-state index contributed by atoms with van der Waals surface area (Å²) in [5, 5.41) is 85.8. The predicted octanol–water partition coefficient (Wildman–Crippen LogP) is 12.4. The maximum absolute atomic E-state index is 12.2. The number of benzene rings is 9. The SMILES string of the molecule is CC(c1ccc(O)cc1)(c1ccc(O)cc1)c1ccc(C(C)(c2cc(Cc3ccc(O)cc3)c(O)c(Cc3ccc(O)cc3)c2)c2cc(Cc3ccc(O)cc3)c(O)c(Cc3ccc(O)cc3)c2)cc1. The number of aromatic hydroxyl groups is 8. The Morgan fingerprint density at radius 3 is 0.629 bits per heavy atom. The first kappa shape index (κ1) is 46.5. The first-order valence-electron chi connectivity index (χ1n) is 23.2. The van der Waals surface area contributed by atoms with Crippen LogP contribution in [0.2, 0.25) is 0 Å². The van der Waals surface area contributed by atoms with Crippen molar-refractivity contribution in [2.75, 3.05) is 0 Å². The van der Waals surface area contributed by atoms with Crippen LogP contribution in [0.5, 0.6) is 46.0 Å². The fourth-order valence-corrected chi connectivity index (χ4v) is 9.70. The molecule has 70 heavy (non-hydrogen) atoms. The molecule has 0 heterocycles. The van der Waals surface area contributed by atoms with Gasteiger partial charge in [0, 0.05) is 36.5 Å². The fourth-order valence-electron chi connectivity index (χ4n) is 9.70. The van der Waals surface area contributed by atoms with Crippen molar-refractivity contribution in [3.63, 3.8) is 0 Å². The van der Waals surface area contributed by atoms with Crippen LogP contribution in [0.15, 0.2) is 194 Å². The van der Waals surface area contributed by atoms with Crippen molar-refractivity contribution in [1.29, 1.82) is 0 Å². The van der Waals surface area contributed by atoms with E-state index in [1.807, 2.05) is 97.1 Å². The summed E-state index contributed by atoms with van der Waals surface area (Å²) in [5.41, 5.74) is 9.92. The van der Waals surface area contributed by atoms with Crippen molar-refractivity contribution in [3.8, 4) is 46.0 Å². The zero-order chi connectivity index (χ0) is 49.2. The first-order valence-corrected chi connectivity index (χ1v) is 23.2. The second-order valence-corrected chi connectivity index (χ2v) is 18.6. The van der Waals surface area contributed by atoms with E-state index in [2.05, 4.69) is 38.1 Å². The molecule has 0 aliphatic rings. The lowest BCUT2D eigenvalue weighted by Gasteiger charge is -2.36. The van der Waals surface area contributed by atoms with Crippen LogP contribution in [0.25, 0.3) is 0 Å². The Bertz CT molecular complexity index is 2920. The highest BCUT2D eigenvalue weighted by molar-refractivity contribution is 5.61. The summed E-state index contributed by atoms with van der Waals surface area (Å²) in [6.07, 6.45) is 1.40. The number of rotatable bonds is 14. The zero-order valence-corrected chi connectivity index (χ0v) is 38.9. The van der Waals surface area contributed by atoms with Crippen LogP contribution in [-0.2, 0) is 36.5 Å². The van der Waals surface area contributed by atoms with E-state index >= 15 is 0 Å². The fraction of sp³-hybridized carbons (Fsp3) is 0.129. The molecular formula is C62H54O8. The topological polar surface area (TPSA) is 162 Å². The van der Waals surface area contributed by atoms with E-state index in [0.29, 0.717) is 47.9 Å². The molecule has 0 unspecified atom stereocenters. The van der Waals surface area contributed by atoms with E-state index in [0.717, 1.165) is 55.6 Å². The maximum Gasteiger partial charge on any atom is 0.122 e. The van der Waals surface area contributed by atoms with Gasteiger partial charge < -0.3 is 40.9 Å². The Labute approximate surface area is 407 Å². The molecule has 0 saturated heterocycles. The predicted molar refractivity (Wildman–Crippen MR) is 274 cm³/mol. The molecule has 0 saturated carbocycles. The van der Waals surface area contributed by atoms with Gasteiger partial charge in [0.05, 0.1) is 0 Å². The van der Waals surface area contributed by atoms with Crippen LogP contribution in [0.1, 0.15) is 91.7 Å². The molecule has 0 aliphatic carbocycles. The second kappa shape index (κ2) is 19.2. The largest absolute Gasteiger partial charge is 0.508 e. The third kappa shape index (κ3) is 9.58. The van der Waals surface area contributed by atoms with E-state index in [1.54, 1.807) is 72.8 Å². The van der Waals surface area contributed by atoms with Gasteiger partial charge in [0.25, 0.3) is 0 Å². The van der Waals surface area contributed by atoms with Crippen molar-refractivity contribution in [1.82, 2.24) is 0 Å². The standard InChI is InChI=1S/C62H54O8/c1-61(49-15-27-57(67)28-16-49,50-17-29-58(68)30-18-50)47-11-13-48(14-12-47)62(2,51-35-43(31-39-3-19-53(63)20-4-39)59(69)44(36-51)32-40-5-21-54(64)22-6-40)52-37-45(33-41-7-23-55(65)24-8-41)60(70)46(38-52)34-42-9-25-56(66)26-10-42/h3-30,35-38,63-70H,31-34H2,1-2H3. The molecule has 8 nitrogen and oxygen atoms in total. The lowest BCUT2D eigenvalue weighted by molar-refractivity contribution is 0.461. The third-order valence-corrected chi connectivity index (χ3v) is 13.9.